The van der Waals surface area contributed by atoms with Gasteiger partial charge in [0.05, 0.1) is 6.04 Å². The number of hydrogen-bond acceptors (Lipinski definition) is 2. The summed E-state index contributed by atoms with van der Waals surface area (Å²) >= 11 is 0. The lowest BCUT2D eigenvalue weighted by molar-refractivity contribution is -0.141. The van der Waals surface area contributed by atoms with Crippen LogP contribution in [0.25, 0.3) is 0 Å². The summed E-state index contributed by atoms with van der Waals surface area (Å²) in [7, 11) is 2.02. The van der Waals surface area contributed by atoms with Crippen LogP contribution in [0.15, 0.2) is 6.07 Å². The lowest BCUT2D eigenvalue weighted by Gasteiger charge is -2.29. The molecule has 1 aromatic rings. The third kappa shape index (κ3) is 2.62. The molecule has 1 fully saturated rings. The molecule has 0 radical (unpaired) electrons. The van der Waals surface area contributed by atoms with E-state index in [1.807, 2.05) is 7.05 Å². The monoisotopic (exact) mass is 247 g/mol. The van der Waals surface area contributed by atoms with Gasteiger partial charge in [0.1, 0.15) is 0 Å². The molecular formula is C11H16F3N3. The Hall–Kier alpha value is -1.04. The van der Waals surface area contributed by atoms with Crippen molar-refractivity contribution < 1.29 is 13.2 Å². The molecule has 17 heavy (non-hydrogen) atoms. The van der Waals surface area contributed by atoms with Crippen molar-refractivity contribution in [1.29, 1.82) is 0 Å². The number of hydrogen-bond donors (Lipinski definition) is 0. The van der Waals surface area contributed by atoms with Crippen molar-refractivity contribution in [1.82, 2.24) is 14.7 Å². The fraction of sp³-hybridized carbons (Fsp3) is 0.727. The Balaban J connectivity index is 2.19. The summed E-state index contributed by atoms with van der Waals surface area (Å²) in [5, 5.41) is 3.70. The van der Waals surface area contributed by atoms with E-state index in [2.05, 4.69) is 10.00 Å². The Morgan fingerprint density at radius 2 is 1.88 bits per heavy atom. The second kappa shape index (κ2) is 4.33. The molecule has 0 bridgehead atoms. The molecular weight excluding hydrogens is 231 g/mol. The van der Waals surface area contributed by atoms with Crippen LogP contribution in [0.2, 0.25) is 0 Å². The lowest BCUT2D eigenvalue weighted by Crippen LogP contribution is -2.32. The van der Waals surface area contributed by atoms with E-state index in [-0.39, 0.29) is 6.04 Å². The lowest BCUT2D eigenvalue weighted by atomic mass is 10.1. The Morgan fingerprint density at radius 3 is 2.35 bits per heavy atom. The standard InChI is InChI=1S/C11H16F3N3/c1-8-7-10(11(12,13)14)15-17(8)9-3-5-16(2)6-4-9/h7,9H,3-6H2,1-2H3. The van der Waals surface area contributed by atoms with Gasteiger partial charge in [0.25, 0.3) is 0 Å². The average Bonchev–Trinajstić information content (AvgIpc) is 2.61. The molecule has 1 aromatic heterocycles. The molecule has 0 atom stereocenters. The molecule has 0 aromatic carbocycles. The zero-order chi connectivity index (χ0) is 12.6. The fourth-order valence-corrected chi connectivity index (χ4v) is 2.24. The molecule has 0 spiro atoms. The van der Waals surface area contributed by atoms with Gasteiger partial charge in [0, 0.05) is 5.69 Å². The van der Waals surface area contributed by atoms with Gasteiger partial charge in [-0.2, -0.15) is 18.3 Å². The first-order valence-electron chi connectivity index (χ1n) is 5.70. The number of aryl methyl sites for hydroxylation is 1. The first-order valence-corrected chi connectivity index (χ1v) is 5.70. The normalized spacial score (nSPS) is 19.8. The Morgan fingerprint density at radius 1 is 1.29 bits per heavy atom. The highest BCUT2D eigenvalue weighted by molar-refractivity contribution is 5.12. The third-order valence-electron chi connectivity index (χ3n) is 3.25. The largest absolute Gasteiger partial charge is 0.435 e. The van der Waals surface area contributed by atoms with Gasteiger partial charge in [-0.05, 0) is 46.0 Å². The molecule has 96 valence electrons. The van der Waals surface area contributed by atoms with Crippen molar-refractivity contribution in [3.8, 4) is 0 Å². The zero-order valence-corrected chi connectivity index (χ0v) is 9.96. The molecule has 2 rings (SSSR count). The molecule has 6 heteroatoms. The van der Waals surface area contributed by atoms with E-state index in [0.717, 1.165) is 32.0 Å². The van der Waals surface area contributed by atoms with Crippen molar-refractivity contribution in [3.05, 3.63) is 17.5 Å². The summed E-state index contributed by atoms with van der Waals surface area (Å²) in [6.07, 6.45) is -2.63. The predicted octanol–water partition coefficient (Wildman–Crippen LogP) is 2.48. The smallest absolute Gasteiger partial charge is 0.306 e. The summed E-state index contributed by atoms with van der Waals surface area (Å²) < 4.78 is 39.1. The van der Waals surface area contributed by atoms with E-state index in [9.17, 15) is 13.2 Å². The summed E-state index contributed by atoms with van der Waals surface area (Å²) in [5.41, 5.74) is -0.194. The van der Waals surface area contributed by atoms with Gasteiger partial charge in [0.2, 0.25) is 0 Å². The number of halogens is 3. The molecule has 3 nitrogen and oxygen atoms in total. The van der Waals surface area contributed by atoms with Gasteiger partial charge in [0.15, 0.2) is 5.69 Å². The summed E-state index contributed by atoms with van der Waals surface area (Å²) in [6, 6.07) is 1.22. The number of alkyl halides is 3. The fourth-order valence-electron chi connectivity index (χ4n) is 2.24. The van der Waals surface area contributed by atoms with Crippen molar-refractivity contribution in [2.24, 2.45) is 0 Å². The van der Waals surface area contributed by atoms with Crippen LogP contribution in [0.3, 0.4) is 0 Å². The van der Waals surface area contributed by atoms with Crippen molar-refractivity contribution in [2.75, 3.05) is 20.1 Å². The molecule has 0 N–H and O–H groups in total. The first-order chi connectivity index (χ1) is 7.88. The van der Waals surface area contributed by atoms with E-state index in [1.165, 1.54) is 4.68 Å². The van der Waals surface area contributed by atoms with E-state index >= 15 is 0 Å². The van der Waals surface area contributed by atoms with E-state index < -0.39 is 11.9 Å². The van der Waals surface area contributed by atoms with E-state index in [1.54, 1.807) is 6.92 Å². The second-order valence-electron chi connectivity index (χ2n) is 4.65. The highest BCUT2D eigenvalue weighted by Crippen LogP contribution is 2.31. The quantitative estimate of drug-likeness (QED) is 0.760. The predicted molar refractivity (Wildman–Crippen MR) is 57.7 cm³/mol. The van der Waals surface area contributed by atoms with Crippen LogP contribution >= 0.6 is 0 Å². The maximum Gasteiger partial charge on any atom is 0.435 e. The number of likely N-dealkylation sites (tertiary alicyclic amines) is 1. The summed E-state index contributed by atoms with van der Waals surface area (Å²) in [6.45, 7) is 3.50. The Labute approximate surface area is 98.2 Å². The summed E-state index contributed by atoms with van der Waals surface area (Å²) in [4.78, 5) is 2.18. The second-order valence-corrected chi connectivity index (χ2v) is 4.65. The Kier molecular flexibility index (Phi) is 3.16. The molecule has 0 unspecified atom stereocenters. The molecule has 0 amide bonds. The number of nitrogens with zero attached hydrogens (tertiary/aromatic N) is 3. The summed E-state index contributed by atoms with van der Waals surface area (Å²) in [5.74, 6) is 0. The third-order valence-corrected chi connectivity index (χ3v) is 3.25. The maximum absolute atomic E-state index is 12.5. The van der Waals surface area contributed by atoms with Crippen molar-refractivity contribution in [2.45, 2.75) is 32.0 Å². The van der Waals surface area contributed by atoms with Gasteiger partial charge in [-0.3, -0.25) is 4.68 Å². The van der Waals surface area contributed by atoms with Gasteiger partial charge >= 0.3 is 6.18 Å². The van der Waals surface area contributed by atoms with Crippen molar-refractivity contribution in [3.63, 3.8) is 0 Å². The van der Waals surface area contributed by atoms with Crippen LogP contribution in [0, 0.1) is 6.92 Å². The highest BCUT2D eigenvalue weighted by atomic mass is 19.4. The topological polar surface area (TPSA) is 21.1 Å². The van der Waals surface area contributed by atoms with Crippen LogP contribution in [-0.4, -0.2) is 34.8 Å². The zero-order valence-electron chi connectivity index (χ0n) is 9.96. The SMILES string of the molecule is Cc1cc(C(F)(F)F)nn1C1CCN(C)CC1. The van der Waals surface area contributed by atoms with Gasteiger partial charge in [-0.25, -0.2) is 0 Å². The minimum absolute atomic E-state index is 0.0994. The first kappa shape index (κ1) is 12.4. The van der Waals surface area contributed by atoms with Crippen LogP contribution in [0.1, 0.15) is 30.3 Å². The van der Waals surface area contributed by atoms with Crippen LogP contribution in [-0.2, 0) is 6.18 Å². The number of piperidine rings is 1. The van der Waals surface area contributed by atoms with Gasteiger partial charge in [-0.15, -0.1) is 0 Å². The molecule has 0 saturated carbocycles. The van der Waals surface area contributed by atoms with E-state index in [4.69, 9.17) is 0 Å². The number of aromatic nitrogens is 2. The molecule has 1 saturated heterocycles. The molecule has 0 aliphatic carbocycles. The molecule has 1 aliphatic rings. The minimum Gasteiger partial charge on any atom is -0.306 e. The minimum atomic E-state index is -4.35. The van der Waals surface area contributed by atoms with E-state index in [0.29, 0.717) is 5.69 Å². The highest BCUT2D eigenvalue weighted by Gasteiger charge is 2.35. The molecule has 2 heterocycles. The van der Waals surface area contributed by atoms with Crippen LogP contribution in [0.5, 0.6) is 0 Å². The van der Waals surface area contributed by atoms with Gasteiger partial charge in [-0.1, -0.05) is 0 Å². The van der Waals surface area contributed by atoms with Crippen molar-refractivity contribution >= 4 is 0 Å². The van der Waals surface area contributed by atoms with Crippen LogP contribution < -0.4 is 0 Å². The maximum atomic E-state index is 12.5. The average molecular weight is 247 g/mol. The number of rotatable bonds is 1. The van der Waals surface area contributed by atoms with Gasteiger partial charge < -0.3 is 4.90 Å². The molecule has 1 aliphatic heterocycles. The van der Waals surface area contributed by atoms with Crippen LogP contribution in [0.4, 0.5) is 13.2 Å². The Bertz CT molecular complexity index is 389.